The van der Waals surface area contributed by atoms with E-state index in [0.717, 1.165) is 18.5 Å². The summed E-state index contributed by atoms with van der Waals surface area (Å²) >= 11 is 2.15. The van der Waals surface area contributed by atoms with Gasteiger partial charge >= 0.3 is 0 Å². The summed E-state index contributed by atoms with van der Waals surface area (Å²) in [5.74, 6) is 1.28. The van der Waals surface area contributed by atoms with E-state index >= 15 is 0 Å². The largest absolute Gasteiger partial charge is 0.340 e. The quantitative estimate of drug-likeness (QED) is 0.562. The number of likely N-dealkylation sites (tertiary alicyclic amines) is 1. The van der Waals surface area contributed by atoms with Gasteiger partial charge in [0.25, 0.3) is 0 Å². The van der Waals surface area contributed by atoms with Crippen molar-refractivity contribution in [3.8, 4) is 0 Å². The van der Waals surface area contributed by atoms with Gasteiger partial charge in [-0.2, -0.15) is 11.8 Å². The molecule has 0 aromatic carbocycles. The minimum atomic E-state index is -0.335. The highest BCUT2D eigenvalue weighted by Crippen LogP contribution is 2.39. The Morgan fingerprint density at radius 2 is 1.76 bits per heavy atom. The van der Waals surface area contributed by atoms with Gasteiger partial charge in [-0.3, -0.25) is 15.6 Å². The molecule has 0 aliphatic carbocycles. The summed E-state index contributed by atoms with van der Waals surface area (Å²) in [6, 6.07) is 2.64. The van der Waals surface area contributed by atoms with Gasteiger partial charge in [-0.1, -0.05) is 0 Å². The van der Waals surface area contributed by atoms with Crippen LogP contribution in [-0.2, 0) is 9.47 Å². The topological polar surface area (TPSA) is 57.8 Å². The second kappa shape index (κ2) is 9.35. The second-order valence-electron chi connectivity index (χ2n) is 7.51. The van der Waals surface area contributed by atoms with Gasteiger partial charge in [0.2, 0.25) is 6.41 Å². The van der Waals surface area contributed by atoms with Crippen molar-refractivity contribution < 1.29 is 9.47 Å². The standard InChI is InChI=1S/C18H36N4O2S/c1-5-23-18(24-6-2)19-16-11-14(20-21-16)17-15(9-10-25-17)22-12(3)7-8-13(22)4/h12-21H,5-11H2,1-4H3. The van der Waals surface area contributed by atoms with Gasteiger partial charge in [-0.05, 0) is 59.1 Å². The van der Waals surface area contributed by atoms with Gasteiger partial charge < -0.3 is 9.47 Å². The molecular weight excluding hydrogens is 336 g/mol. The molecule has 3 heterocycles. The van der Waals surface area contributed by atoms with Gasteiger partial charge in [-0.15, -0.1) is 0 Å². The molecule has 3 saturated heterocycles. The Morgan fingerprint density at radius 1 is 1.08 bits per heavy atom. The zero-order valence-corrected chi connectivity index (χ0v) is 17.0. The van der Waals surface area contributed by atoms with E-state index in [1.54, 1.807) is 0 Å². The van der Waals surface area contributed by atoms with Crippen molar-refractivity contribution in [2.45, 2.75) is 95.4 Å². The van der Waals surface area contributed by atoms with Crippen LogP contribution in [0.25, 0.3) is 0 Å². The Labute approximate surface area is 157 Å². The average molecular weight is 373 g/mol. The summed E-state index contributed by atoms with van der Waals surface area (Å²) in [5, 5.41) is 4.08. The first-order valence-corrected chi connectivity index (χ1v) is 11.1. The number of hydrazine groups is 1. The van der Waals surface area contributed by atoms with E-state index in [1.165, 1.54) is 25.0 Å². The molecule has 6 atom stereocenters. The molecule has 0 aromatic rings. The van der Waals surface area contributed by atoms with Gasteiger partial charge in [0.1, 0.15) is 0 Å². The molecule has 6 nitrogen and oxygen atoms in total. The Bertz CT molecular complexity index is 401. The maximum absolute atomic E-state index is 5.62. The van der Waals surface area contributed by atoms with Crippen molar-refractivity contribution in [1.29, 1.82) is 0 Å². The summed E-state index contributed by atoms with van der Waals surface area (Å²) in [5.41, 5.74) is 6.96. The first-order valence-electron chi connectivity index (χ1n) is 10.0. The lowest BCUT2D eigenvalue weighted by Gasteiger charge is -2.37. The van der Waals surface area contributed by atoms with Gasteiger partial charge in [0.05, 0.1) is 6.17 Å². The van der Waals surface area contributed by atoms with Crippen molar-refractivity contribution in [1.82, 2.24) is 21.1 Å². The first kappa shape index (κ1) is 19.9. The molecule has 3 aliphatic rings. The normalized spacial score (nSPS) is 39.7. The van der Waals surface area contributed by atoms with Gasteiger partial charge in [0, 0.05) is 42.6 Å². The monoisotopic (exact) mass is 372 g/mol. The summed E-state index contributed by atoms with van der Waals surface area (Å²) in [6.07, 6.45) is 4.92. The van der Waals surface area contributed by atoms with Crippen LogP contribution in [0.5, 0.6) is 0 Å². The van der Waals surface area contributed by atoms with E-state index in [-0.39, 0.29) is 12.6 Å². The minimum absolute atomic E-state index is 0.184. The molecule has 146 valence electrons. The van der Waals surface area contributed by atoms with Crippen LogP contribution < -0.4 is 16.2 Å². The zero-order chi connectivity index (χ0) is 17.8. The highest BCUT2D eigenvalue weighted by Gasteiger charge is 2.45. The Hall–Kier alpha value is 0.110. The maximum atomic E-state index is 5.62. The van der Waals surface area contributed by atoms with Crippen LogP contribution in [0.3, 0.4) is 0 Å². The number of thioether (sulfide) groups is 1. The minimum Gasteiger partial charge on any atom is -0.340 e. The van der Waals surface area contributed by atoms with E-state index in [4.69, 9.17) is 9.47 Å². The van der Waals surface area contributed by atoms with Crippen molar-refractivity contribution in [2.24, 2.45) is 0 Å². The van der Waals surface area contributed by atoms with E-state index in [2.05, 4.69) is 46.7 Å². The van der Waals surface area contributed by atoms with Crippen LogP contribution in [0, 0.1) is 0 Å². The lowest BCUT2D eigenvalue weighted by molar-refractivity contribution is -0.160. The number of nitrogens with one attached hydrogen (secondary N) is 3. The Kier molecular flexibility index (Phi) is 7.43. The third-order valence-corrected chi connectivity index (χ3v) is 7.31. The lowest BCUT2D eigenvalue weighted by Crippen LogP contribution is -2.51. The lowest BCUT2D eigenvalue weighted by atomic mass is 9.99. The summed E-state index contributed by atoms with van der Waals surface area (Å²) in [4.78, 5) is 2.80. The van der Waals surface area contributed by atoms with E-state index in [0.29, 0.717) is 30.5 Å². The van der Waals surface area contributed by atoms with Gasteiger partial charge in [-0.25, -0.2) is 5.43 Å². The van der Waals surface area contributed by atoms with Crippen molar-refractivity contribution >= 4 is 11.8 Å². The molecule has 3 rings (SSSR count). The molecule has 3 aliphatic heterocycles. The Balaban J connectivity index is 1.55. The Morgan fingerprint density at radius 3 is 2.40 bits per heavy atom. The van der Waals surface area contributed by atoms with Crippen LogP contribution in [0.15, 0.2) is 0 Å². The molecule has 0 saturated carbocycles. The molecule has 0 spiro atoms. The zero-order valence-electron chi connectivity index (χ0n) is 16.2. The predicted octanol–water partition coefficient (Wildman–Crippen LogP) is 1.87. The van der Waals surface area contributed by atoms with Crippen molar-refractivity contribution in [3.05, 3.63) is 0 Å². The molecule has 0 radical (unpaired) electrons. The van der Waals surface area contributed by atoms with Crippen LogP contribution in [0.1, 0.15) is 53.4 Å². The second-order valence-corrected chi connectivity index (χ2v) is 8.79. The van der Waals surface area contributed by atoms with Crippen molar-refractivity contribution in [2.75, 3.05) is 19.0 Å². The van der Waals surface area contributed by atoms with Gasteiger partial charge in [0.15, 0.2) is 0 Å². The molecule has 0 aromatic heterocycles. The third-order valence-electron chi connectivity index (χ3n) is 5.81. The fraction of sp³-hybridized carbons (Fsp3) is 1.00. The van der Waals surface area contributed by atoms with Crippen LogP contribution in [0.2, 0.25) is 0 Å². The fourth-order valence-corrected chi connectivity index (χ4v) is 6.25. The smallest absolute Gasteiger partial charge is 0.217 e. The molecule has 25 heavy (non-hydrogen) atoms. The van der Waals surface area contributed by atoms with E-state index in [1.807, 2.05) is 13.8 Å². The highest BCUT2D eigenvalue weighted by molar-refractivity contribution is 8.00. The number of nitrogens with zero attached hydrogens (tertiary/aromatic N) is 1. The number of ether oxygens (including phenoxy) is 2. The number of rotatable bonds is 8. The first-order chi connectivity index (χ1) is 12.1. The molecule has 3 N–H and O–H groups in total. The van der Waals surface area contributed by atoms with Crippen LogP contribution in [0.4, 0.5) is 0 Å². The molecular formula is C18H36N4O2S. The van der Waals surface area contributed by atoms with Crippen LogP contribution >= 0.6 is 11.8 Å². The summed E-state index contributed by atoms with van der Waals surface area (Å²) in [7, 11) is 0. The molecule has 0 bridgehead atoms. The van der Waals surface area contributed by atoms with Crippen LogP contribution in [-0.4, -0.2) is 65.9 Å². The fourth-order valence-electron chi connectivity index (χ4n) is 4.69. The molecule has 0 amide bonds. The third kappa shape index (κ3) is 4.69. The summed E-state index contributed by atoms with van der Waals surface area (Å²) in [6.45, 7) is 10.1. The SMILES string of the molecule is CCOC(NC1CC(C2SCCC2N2C(C)CCC2C)NN1)OCC. The molecule has 6 unspecified atom stereocenters. The number of hydrogen-bond acceptors (Lipinski definition) is 7. The van der Waals surface area contributed by atoms with E-state index < -0.39 is 0 Å². The molecule has 3 fully saturated rings. The predicted molar refractivity (Wildman–Crippen MR) is 103 cm³/mol. The van der Waals surface area contributed by atoms with Crippen molar-refractivity contribution in [3.63, 3.8) is 0 Å². The number of hydrogen-bond donors (Lipinski definition) is 3. The van der Waals surface area contributed by atoms with E-state index in [9.17, 15) is 0 Å². The molecule has 7 heteroatoms. The average Bonchev–Trinajstić information content (AvgIpc) is 3.28. The highest BCUT2D eigenvalue weighted by atomic mass is 32.2. The summed E-state index contributed by atoms with van der Waals surface area (Å²) < 4.78 is 11.2. The maximum Gasteiger partial charge on any atom is 0.217 e.